The first-order valence-corrected chi connectivity index (χ1v) is 10.2. The number of nitrogens with zero attached hydrogens (tertiary/aromatic N) is 2. The number of halogens is 1. The van der Waals surface area contributed by atoms with Crippen molar-refractivity contribution < 1.29 is 13.2 Å². The van der Waals surface area contributed by atoms with Crippen LogP contribution in [0.15, 0.2) is 30.3 Å². The highest BCUT2D eigenvalue weighted by Crippen LogP contribution is 2.11. The lowest BCUT2D eigenvalue weighted by Gasteiger charge is -2.34. The molecule has 6 nitrogen and oxygen atoms in total. The number of piperazine rings is 1. The number of rotatable bonds is 8. The molecule has 1 aliphatic heterocycles. The van der Waals surface area contributed by atoms with E-state index in [0.717, 1.165) is 6.54 Å². The zero-order chi connectivity index (χ0) is 17.4. The summed E-state index contributed by atoms with van der Waals surface area (Å²) in [6, 6.07) is 10.2. The summed E-state index contributed by atoms with van der Waals surface area (Å²) in [4.78, 5) is 13.6. The van der Waals surface area contributed by atoms with E-state index in [2.05, 4.69) is 22.3 Å². The zero-order valence-electron chi connectivity index (χ0n) is 13.7. The van der Waals surface area contributed by atoms with E-state index < -0.39 is 10.0 Å². The Kier molecular flexibility index (Phi) is 7.48. The van der Waals surface area contributed by atoms with Crippen molar-refractivity contribution in [1.29, 1.82) is 0 Å². The smallest absolute Gasteiger partial charge is 0.221 e. The molecule has 1 fully saturated rings. The average molecular weight is 374 g/mol. The van der Waals surface area contributed by atoms with Crippen LogP contribution in [0.4, 0.5) is 0 Å². The molecule has 1 heterocycles. The van der Waals surface area contributed by atoms with Crippen LogP contribution in [0.5, 0.6) is 0 Å². The number of carbonyl (C=O) groups is 1. The summed E-state index contributed by atoms with van der Waals surface area (Å²) < 4.78 is 26.2. The Balaban J connectivity index is 1.75. The van der Waals surface area contributed by atoms with Gasteiger partial charge in [-0.2, -0.15) is 4.31 Å². The van der Waals surface area contributed by atoms with E-state index in [-0.39, 0.29) is 30.5 Å². The van der Waals surface area contributed by atoms with Crippen LogP contribution in [0.2, 0.25) is 0 Å². The van der Waals surface area contributed by atoms with Crippen molar-refractivity contribution in [3.8, 4) is 0 Å². The molecule has 0 aromatic heterocycles. The van der Waals surface area contributed by atoms with Crippen LogP contribution in [0, 0.1) is 0 Å². The Hall–Kier alpha value is -1.15. The summed E-state index contributed by atoms with van der Waals surface area (Å²) >= 11 is 5.47. The van der Waals surface area contributed by atoms with E-state index in [0.29, 0.717) is 26.2 Å². The van der Waals surface area contributed by atoms with E-state index >= 15 is 0 Å². The molecule has 2 rings (SSSR count). The number of nitrogens with one attached hydrogen (secondary N) is 1. The SMILES string of the molecule is O=C(CCCl)NCCS(=O)(=O)N1CCN(Cc2ccccc2)CC1. The van der Waals surface area contributed by atoms with Crippen LogP contribution in [0.25, 0.3) is 0 Å². The molecular weight excluding hydrogens is 350 g/mol. The van der Waals surface area contributed by atoms with Gasteiger partial charge in [-0.3, -0.25) is 9.69 Å². The van der Waals surface area contributed by atoms with Crippen molar-refractivity contribution in [2.45, 2.75) is 13.0 Å². The number of alkyl halides is 1. The second-order valence-electron chi connectivity index (χ2n) is 5.77. The minimum atomic E-state index is -3.33. The number of benzene rings is 1. The van der Waals surface area contributed by atoms with Gasteiger partial charge in [-0.15, -0.1) is 11.6 Å². The van der Waals surface area contributed by atoms with Gasteiger partial charge in [0.2, 0.25) is 15.9 Å². The average Bonchev–Trinajstić information content (AvgIpc) is 2.56. The van der Waals surface area contributed by atoms with Crippen LogP contribution < -0.4 is 5.32 Å². The molecule has 1 aromatic rings. The number of amides is 1. The summed E-state index contributed by atoms with van der Waals surface area (Å²) in [6.45, 7) is 3.38. The molecule has 0 radical (unpaired) electrons. The first-order chi connectivity index (χ1) is 11.5. The predicted molar refractivity (Wildman–Crippen MR) is 95.4 cm³/mol. The van der Waals surface area contributed by atoms with Gasteiger partial charge in [0.05, 0.1) is 5.75 Å². The van der Waals surface area contributed by atoms with Crippen LogP contribution >= 0.6 is 11.6 Å². The first-order valence-electron chi connectivity index (χ1n) is 8.08. The lowest BCUT2D eigenvalue weighted by Crippen LogP contribution is -2.49. The van der Waals surface area contributed by atoms with Gasteiger partial charge in [0.25, 0.3) is 0 Å². The van der Waals surface area contributed by atoms with Gasteiger partial charge >= 0.3 is 0 Å². The highest BCUT2D eigenvalue weighted by Gasteiger charge is 2.26. The lowest BCUT2D eigenvalue weighted by molar-refractivity contribution is -0.120. The maximum Gasteiger partial charge on any atom is 0.221 e. The minimum Gasteiger partial charge on any atom is -0.355 e. The largest absolute Gasteiger partial charge is 0.355 e. The normalized spacial score (nSPS) is 16.9. The number of sulfonamides is 1. The van der Waals surface area contributed by atoms with E-state index in [9.17, 15) is 13.2 Å². The zero-order valence-corrected chi connectivity index (χ0v) is 15.2. The number of hydrogen-bond donors (Lipinski definition) is 1. The molecule has 0 spiro atoms. The van der Waals surface area contributed by atoms with Crippen LogP contribution in [0.3, 0.4) is 0 Å². The van der Waals surface area contributed by atoms with Gasteiger partial charge in [-0.05, 0) is 5.56 Å². The fourth-order valence-electron chi connectivity index (χ4n) is 2.63. The molecule has 0 bridgehead atoms. The monoisotopic (exact) mass is 373 g/mol. The van der Waals surface area contributed by atoms with Crippen LogP contribution in [-0.2, 0) is 21.4 Å². The van der Waals surface area contributed by atoms with Gasteiger partial charge in [0.1, 0.15) is 0 Å². The standard InChI is InChI=1S/C16H24ClN3O3S/c17-7-6-16(21)18-8-13-24(22,23)20-11-9-19(10-12-20)14-15-4-2-1-3-5-15/h1-5H,6-14H2,(H,18,21). The minimum absolute atomic E-state index is 0.0697. The van der Waals surface area contributed by atoms with Crippen molar-refractivity contribution in [1.82, 2.24) is 14.5 Å². The first kappa shape index (κ1) is 19.2. The van der Waals surface area contributed by atoms with Crippen molar-refractivity contribution in [2.24, 2.45) is 0 Å². The fraction of sp³-hybridized carbons (Fsp3) is 0.562. The topological polar surface area (TPSA) is 69.7 Å². The number of hydrogen-bond acceptors (Lipinski definition) is 4. The molecule has 1 saturated heterocycles. The van der Waals surface area contributed by atoms with Gasteiger partial charge in [-0.1, -0.05) is 30.3 Å². The summed E-state index contributed by atoms with van der Waals surface area (Å²) in [7, 11) is -3.33. The summed E-state index contributed by atoms with van der Waals surface area (Å²) in [5.74, 6) is -0.0466. The third-order valence-corrected chi connectivity index (χ3v) is 6.04. The van der Waals surface area contributed by atoms with E-state index in [4.69, 9.17) is 11.6 Å². The molecule has 0 unspecified atom stereocenters. The number of carbonyl (C=O) groups excluding carboxylic acids is 1. The maximum atomic E-state index is 12.3. The van der Waals surface area contributed by atoms with Gasteiger partial charge in [0, 0.05) is 51.6 Å². The third-order valence-electron chi connectivity index (χ3n) is 3.98. The molecule has 1 amide bonds. The van der Waals surface area contributed by atoms with Crippen LogP contribution in [0.1, 0.15) is 12.0 Å². The fourth-order valence-corrected chi connectivity index (χ4v) is 4.14. The molecule has 1 aromatic carbocycles. The lowest BCUT2D eigenvalue weighted by atomic mass is 10.2. The van der Waals surface area contributed by atoms with Crippen molar-refractivity contribution in [2.75, 3.05) is 44.4 Å². The highest BCUT2D eigenvalue weighted by atomic mass is 35.5. The summed E-state index contributed by atoms with van der Waals surface area (Å²) in [5, 5.41) is 2.58. The Morgan fingerprint density at radius 1 is 1.12 bits per heavy atom. The summed E-state index contributed by atoms with van der Waals surface area (Å²) in [6.07, 6.45) is 0.208. The Bertz CT molecular complexity index is 617. The van der Waals surface area contributed by atoms with Gasteiger partial charge < -0.3 is 5.32 Å². The van der Waals surface area contributed by atoms with Gasteiger partial charge in [-0.25, -0.2) is 8.42 Å². The quantitative estimate of drug-likeness (QED) is 0.687. The van der Waals surface area contributed by atoms with Crippen molar-refractivity contribution >= 4 is 27.5 Å². The maximum absolute atomic E-state index is 12.3. The van der Waals surface area contributed by atoms with Crippen LogP contribution in [-0.4, -0.2) is 67.9 Å². The molecule has 0 aliphatic carbocycles. The molecule has 0 saturated carbocycles. The van der Waals surface area contributed by atoms with E-state index in [1.54, 1.807) is 0 Å². The molecule has 24 heavy (non-hydrogen) atoms. The molecular formula is C16H24ClN3O3S. The molecule has 134 valence electrons. The van der Waals surface area contributed by atoms with Gasteiger partial charge in [0.15, 0.2) is 0 Å². The Morgan fingerprint density at radius 2 is 1.79 bits per heavy atom. The van der Waals surface area contributed by atoms with E-state index in [1.165, 1.54) is 9.87 Å². The Morgan fingerprint density at radius 3 is 2.42 bits per heavy atom. The molecule has 8 heteroatoms. The second-order valence-corrected chi connectivity index (χ2v) is 8.23. The van der Waals surface area contributed by atoms with Crippen molar-refractivity contribution in [3.63, 3.8) is 0 Å². The third kappa shape index (κ3) is 6.05. The van der Waals surface area contributed by atoms with Crippen molar-refractivity contribution in [3.05, 3.63) is 35.9 Å². The summed E-state index contributed by atoms with van der Waals surface area (Å²) in [5.41, 5.74) is 1.23. The molecule has 1 aliphatic rings. The Labute approximate surface area is 148 Å². The van der Waals surface area contributed by atoms with E-state index in [1.807, 2.05) is 18.2 Å². The molecule has 1 N–H and O–H groups in total. The second kappa shape index (κ2) is 9.36. The predicted octanol–water partition coefficient (Wildman–Crippen LogP) is 0.879. The molecule has 0 atom stereocenters. The highest BCUT2D eigenvalue weighted by molar-refractivity contribution is 7.89.